The monoisotopic (exact) mass is 277 g/mol. The highest BCUT2D eigenvalue weighted by Crippen LogP contribution is 2.22. The highest BCUT2D eigenvalue weighted by molar-refractivity contribution is 5.27. The molecule has 20 heavy (non-hydrogen) atoms. The minimum Gasteiger partial charge on any atom is -0.271 e. The molecular weight excluding hydrogens is 260 g/mol. The summed E-state index contributed by atoms with van der Waals surface area (Å²) in [6, 6.07) is 7.18. The van der Waals surface area contributed by atoms with Crippen LogP contribution in [0.1, 0.15) is 28.6 Å². The third kappa shape index (κ3) is 3.18. The van der Waals surface area contributed by atoms with Gasteiger partial charge in [-0.3, -0.25) is 16.3 Å². The summed E-state index contributed by atoms with van der Waals surface area (Å²) in [6.07, 6.45) is 0.137. The molecule has 0 radical (unpaired) electrons. The second kappa shape index (κ2) is 6.07. The molecule has 0 aliphatic rings. The van der Waals surface area contributed by atoms with E-state index >= 15 is 0 Å². The number of aromatic nitrogens is 1. The zero-order valence-electron chi connectivity index (χ0n) is 11.5. The number of benzene rings is 1. The second-order valence-electron chi connectivity index (χ2n) is 4.81. The van der Waals surface area contributed by atoms with E-state index in [1.165, 1.54) is 18.2 Å². The fourth-order valence-corrected chi connectivity index (χ4v) is 2.27. The molecule has 3 N–H and O–H groups in total. The lowest BCUT2D eigenvalue weighted by atomic mass is 9.98. The average molecular weight is 277 g/mol. The summed E-state index contributed by atoms with van der Waals surface area (Å²) in [5.41, 5.74) is 5.19. The first-order valence-electron chi connectivity index (χ1n) is 6.35. The van der Waals surface area contributed by atoms with E-state index in [2.05, 4.69) is 10.4 Å². The Labute approximate surface area is 116 Å². The van der Waals surface area contributed by atoms with Crippen LogP contribution < -0.4 is 11.3 Å². The molecule has 1 atom stereocenters. The normalized spacial score (nSPS) is 12.4. The van der Waals surface area contributed by atoms with Crippen LogP contribution in [0.15, 0.2) is 30.3 Å². The highest BCUT2D eigenvalue weighted by Gasteiger charge is 2.17. The summed E-state index contributed by atoms with van der Waals surface area (Å²) in [4.78, 5) is 4.28. The molecule has 3 nitrogen and oxygen atoms in total. The summed E-state index contributed by atoms with van der Waals surface area (Å²) < 4.78 is 27.4. The van der Waals surface area contributed by atoms with Crippen molar-refractivity contribution in [2.45, 2.75) is 26.3 Å². The molecule has 0 aliphatic heterocycles. The van der Waals surface area contributed by atoms with Gasteiger partial charge >= 0.3 is 0 Å². The van der Waals surface area contributed by atoms with E-state index in [0.717, 1.165) is 17.0 Å². The molecular formula is C15H17F2N3. The van der Waals surface area contributed by atoms with Crippen LogP contribution in [0, 0.1) is 25.5 Å². The van der Waals surface area contributed by atoms with E-state index in [1.807, 2.05) is 26.0 Å². The molecule has 1 unspecified atom stereocenters. The van der Waals surface area contributed by atoms with E-state index in [9.17, 15) is 8.78 Å². The van der Waals surface area contributed by atoms with Crippen molar-refractivity contribution in [2.24, 2.45) is 5.84 Å². The molecule has 1 aromatic heterocycles. The van der Waals surface area contributed by atoms with E-state index in [0.29, 0.717) is 0 Å². The number of pyridine rings is 1. The van der Waals surface area contributed by atoms with Gasteiger partial charge in [-0.25, -0.2) is 8.78 Å². The SMILES string of the molecule is Cc1cc(C(Cc2c(F)cccc2F)NN)cc(C)n1. The largest absolute Gasteiger partial charge is 0.271 e. The van der Waals surface area contributed by atoms with Gasteiger partial charge in [-0.05, 0) is 50.1 Å². The Kier molecular flexibility index (Phi) is 4.42. The Bertz CT molecular complexity index is 574. The lowest BCUT2D eigenvalue weighted by Crippen LogP contribution is -2.30. The number of nitrogens with zero attached hydrogens (tertiary/aromatic N) is 1. The minimum atomic E-state index is -0.562. The van der Waals surface area contributed by atoms with E-state index in [4.69, 9.17) is 5.84 Å². The highest BCUT2D eigenvalue weighted by atomic mass is 19.1. The first kappa shape index (κ1) is 14.6. The van der Waals surface area contributed by atoms with Gasteiger partial charge in [-0.15, -0.1) is 0 Å². The first-order valence-corrected chi connectivity index (χ1v) is 6.35. The summed E-state index contributed by atoms with van der Waals surface area (Å²) in [7, 11) is 0. The number of hydrogen-bond donors (Lipinski definition) is 2. The topological polar surface area (TPSA) is 50.9 Å². The van der Waals surface area contributed by atoms with Crippen molar-refractivity contribution >= 4 is 0 Å². The summed E-state index contributed by atoms with van der Waals surface area (Å²) in [5.74, 6) is 4.41. The maximum absolute atomic E-state index is 13.7. The van der Waals surface area contributed by atoms with Gasteiger partial charge in [0.25, 0.3) is 0 Å². The smallest absolute Gasteiger partial charge is 0.129 e. The summed E-state index contributed by atoms with van der Waals surface area (Å²) in [5, 5.41) is 0. The quantitative estimate of drug-likeness (QED) is 0.667. The van der Waals surface area contributed by atoms with Gasteiger partial charge in [-0.1, -0.05) is 6.07 Å². The van der Waals surface area contributed by atoms with Crippen LogP contribution in [0.5, 0.6) is 0 Å². The van der Waals surface area contributed by atoms with Crippen molar-refractivity contribution in [3.05, 3.63) is 64.5 Å². The molecule has 0 saturated carbocycles. The first-order chi connectivity index (χ1) is 9.51. The number of rotatable bonds is 4. The van der Waals surface area contributed by atoms with Crippen LogP contribution in [0.2, 0.25) is 0 Å². The van der Waals surface area contributed by atoms with Gasteiger partial charge in [-0.2, -0.15) is 0 Å². The Hall–Kier alpha value is -1.85. The van der Waals surface area contributed by atoms with Crippen LogP contribution >= 0.6 is 0 Å². The summed E-state index contributed by atoms with van der Waals surface area (Å²) >= 11 is 0. The molecule has 5 heteroatoms. The number of nitrogens with two attached hydrogens (primary N) is 1. The van der Waals surface area contributed by atoms with Crippen LogP contribution in [0.3, 0.4) is 0 Å². The molecule has 0 bridgehead atoms. The Balaban J connectivity index is 2.33. The minimum absolute atomic E-state index is 0.0302. The van der Waals surface area contributed by atoms with Crippen LogP contribution in [0.4, 0.5) is 8.78 Å². The maximum Gasteiger partial charge on any atom is 0.129 e. The molecule has 0 spiro atoms. The Morgan fingerprint density at radius 2 is 1.70 bits per heavy atom. The van der Waals surface area contributed by atoms with E-state index in [-0.39, 0.29) is 18.0 Å². The van der Waals surface area contributed by atoms with Crippen molar-refractivity contribution < 1.29 is 8.78 Å². The molecule has 2 rings (SSSR count). The molecule has 0 saturated heterocycles. The van der Waals surface area contributed by atoms with Gasteiger partial charge < -0.3 is 0 Å². The molecule has 0 fully saturated rings. The summed E-state index contributed by atoms with van der Waals surface area (Å²) in [6.45, 7) is 3.74. The van der Waals surface area contributed by atoms with Crippen molar-refractivity contribution in [2.75, 3.05) is 0 Å². The van der Waals surface area contributed by atoms with Crippen molar-refractivity contribution in [1.82, 2.24) is 10.4 Å². The van der Waals surface area contributed by atoms with Gasteiger partial charge in [0, 0.05) is 17.0 Å². The van der Waals surface area contributed by atoms with Gasteiger partial charge in [0.1, 0.15) is 11.6 Å². The number of nitrogens with one attached hydrogen (secondary N) is 1. The van der Waals surface area contributed by atoms with Crippen molar-refractivity contribution in [3.63, 3.8) is 0 Å². The molecule has 0 aliphatic carbocycles. The molecule has 1 aromatic carbocycles. The number of hydrazine groups is 1. The zero-order chi connectivity index (χ0) is 14.7. The van der Waals surface area contributed by atoms with Crippen LogP contribution in [0.25, 0.3) is 0 Å². The lowest BCUT2D eigenvalue weighted by molar-refractivity contribution is 0.499. The number of hydrogen-bond acceptors (Lipinski definition) is 3. The predicted molar refractivity (Wildman–Crippen MR) is 73.8 cm³/mol. The van der Waals surface area contributed by atoms with Gasteiger partial charge in [0.05, 0.1) is 6.04 Å². The average Bonchev–Trinajstić information content (AvgIpc) is 2.37. The maximum atomic E-state index is 13.7. The third-order valence-electron chi connectivity index (χ3n) is 3.18. The fraction of sp³-hybridized carbons (Fsp3) is 0.267. The van der Waals surface area contributed by atoms with E-state index in [1.54, 1.807) is 0 Å². The standard InChI is InChI=1S/C15H17F2N3/c1-9-6-11(7-10(2)19-9)15(20-18)8-12-13(16)4-3-5-14(12)17/h3-7,15,20H,8,18H2,1-2H3. The van der Waals surface area contributed by atoms with Crippen molar-refractivity contribution in [1.29, 1.82) is 0 Å². The number of aryl methyl sites for hydroxylation is 2. The van der Waals surface area contributed by atoms with Crippen LogP contribution in [-0.2, 0) is 6.42 Å². The van der Waals surface area contributed by atoms with E-state index < -0.39 is 11.6 Å². The Morgan fingerprint density at radius 1 is 1.15 bits per heavy atom. The fourth-order valence-electron chi connectivity index (χ4n) is 2.27. The van der Waals surface area contributed by atoms with Gasteiger partial charge in [0.15, 0.2) is 0 Å². The lowest BCUT2D eigenvalue weighted by Gasteiger charge is -2.18. The number of halogens is 2. The molecule has 106 valence electrons. The van der Waals surface area contributed by atoms with Crippen molar-refractivity contribution in [3.8, 4) is 0 Å². The van der Waals surface area contributed by atoms with Crippen LogP contribution in [-0.4, -0.2) is 4.98 Å². The molecule has 1 heterocycles. The van der Waals surface area contributed by atoms with Gasteiger partial charge in [0.2, 0.25) is 0 Å². The third-order valence-corrected chi connectivity index (χ3v) is 3.18. The predicted octanol–water partition coefficient (Wildman–Crippen LogP) is 2.72. The zero-order valence-corrected chi connectivity index (χ0v) is 11.5. The molecule has 0 amide bonds. The molecule has 2 aromatic rings. The second-order valence-corrected chi connectivity index (χ2v) is 4.81. The Morgan fingerprint density at radius 3 is 2.20 bits per heavy atom.